The Labute approximate surface area is 106 Å². The van der Waals surface area contributed by atoms with Gasteiger partial charge in [0.25, 0.3) is 5.91 Å². The highest BCUT2D eigenvalue weighted by Crippen LogP contribution is 2.22. The van der Waals surface area contributed by atoms with Crippen LogP contribution in [-0.4, -0.2) is 23.2 Å². The quantitative estimate of drug-likeness (QED) is 0.859. The van der Waals surface area contributed by atoms with Gasteiger partial charge in [0, 0.05) is 11.1 Å². The summed E-state index contributed by atoms with van der Waals surface area (Å²) in [6.45, 7) is 4.90. The van der Waals surface area contributed by atoms with E-state index in [4.69, 9.17) is 9.84 Å². The molecular formula is C13H18FNO3. The van der Waals surface area contributed by atoms with Crippen molar-refractivity contribution >= 4 is 5.91 Å². The maximum atomic E-state index is 13.5. The molecule has 0 aromatic heterocycles. The highest BCUT2D eigenvalue weighted by molar-refractivity contribution is 5.78. The summed E-state index contributed by atoms with van der Waals surface area (Å²) < 4.78 is 18.6. The zero-order chi connectivity index (χ0) is 13.8. The zero-order valence-electron chi connectivity index (χ0n) is 10.8. The number of benzene rings is 1. The van der Waals surface area contributed by atoms with Gasteiger partial charge >= 0.3 is 0 Å². The van der Waals surface area contributed by atoms with E-state index in [-0.39, 0.29) is 30.4 Å². The van der Waals surface area contributed by atoms with Gasteiger partial charge in [-0.2, -0.15) is 0 Å². The first kappa shape index (κ1) is 14.4. The number of aliphatic hydroxyl groups is 1. The van der Waals surface area contributed by atoms with Gasteiger partial charge in [0.05, 0.1) is 6.61 Å². The topological polar surface area (TPSA) is 58.6 Å². The minimum Gasteiger partial charge on any atom is -0.480 e. The van der Waals surface area contributed by atoms with E-state index < -0.39 is 5.82 Å². The standard InChI is InChI=1S/C13H18FNO3/c1-13(2,3)15-11(17)8-18-12-9(7-16)5-4-6-10(12)14/h4-6,16H,7-8H2,1-3H3,(H,15,17). The number of carbonyl (C=O) groups is 1. The van der Waals surface area contributed by atoms with Crippen molar-refractivity contribution in [3.05, 3.63) is 29.6 Å². The fourth-order valence-corrected chi connectivity index (χ4v) is 1.43. The first-order valence-corrected chi connectivity index (χ1v) is 5.65. The van der Waals surface area contributed by atoms with Crippen molar-refractivity contribution in [1.82, 2.24) is 5.32 Å². The lowest BCUT2D eigenvalue weighted by Gasteiger charge is -2.20. The van der Waals surface area contributed by atoms with E-state index in [2.05, 4.69) is 5.32 Å². The maximum absolute atomic E-state index is 13.5. The molecule has 0 saturated carbocycles. The number of rotatable bonds is 4. The molecule has 100 valence electrons. The van der Waals surface area contributed by atoms with E-state index in [1.54, 1.807) is 6.07 Å². The first-order chi connectivity index (χ1) is 8.33. The van der Waals surface area contributed by atoms with E-state index in [1.807, 2.05) is 20.8 Å². The average Bonchev–Trinajstić information content (AvgIpc) is 2.24. The fourth-order valence-electron chi connectivity index (χ4n) is 1.43. The number of nitrogens with one attached hydrogen (secondary N) is 1. The third-order valence-electron chi connectivity index (χ3n) is 2.08. The van der Waals surface area contributed by atoms with Crippen molar-refractivity contribution in [3.63, 3.8) is 0 Å². The van der Waals surface area contributed by atoms with Crippen molar-refractivity contribution in [2.24, 2.45) is 0 Å². The van der Waals surface area contributed by atoms with Gasteiger partial charge in [-0.15, -0.1) is 0 Å². The third-order valence-corrected chi connectivity index (χ3v) is 2.08. The molecule has 5 heteroatoms. The van der Waals surface area contributed by atoms with Crippen LogP contribution in [-0.2, 0) is 11.4 Å². The molecule has 0 saturated heterocycles. The summed E-state index contributed by atoms with van der Waals surface area (Å²) >= 11 is 0. The van der Waals surface area contributed by atoms with Gasteiger partial charge in [-0.1, -0.05) is 12.1 Å². The Morgan fingerprint density at radius 2 is 2.11 bits per heavy atom. The Kier molecular flexibility index (Phi) is 4.67. The molecule has 0 radical (unpaired) electrons. The molecule has 1 aromatic carbocycles. The van der Waals surface area contributed by atoms with Crippen LogP contribution in [0, 0.1) is 5.82 Å². The smallest absolute Gasteiger partial charge is 0.258 e. The van der Waals surface area contributed by atoms with Gasteiger partial charge in [-0.25, -0.2) is 4.39 Å². The van der Waals surface area contributed by atoms with Gasteiger partial charge in [0.15, 0.2) is 18.2 Å². The molecule has 0 spiro atoms. The van der Waals surface area contributed by atoms with Crippen LogP contribution < -0.4 is 10.1 Å². The Morgan fingerprint density at radius 1 is 1.44 bits per heavy atom. The van der Waals surface area contributed by atoms with Gasteiger partial charge in [-0.3, -0.25) is 4.79 Å². The van der Waals surface area contributed by atoms with Crippen molar-refractivity contribution in [3.8, 4) is 5.75 Å². The lowest BCUT2D eigenvalue weighted by atomic mass is 10.1. The van der Waals surface area contributed by atoms with E-state index in [0.717, 1.165) is 0 Å². The lowest BCUT2D eigenvalue weighted by Crippen LogP contribution is -2.43. The summed E-state index contributed by atoms with van der Waals surface area (Å²) in [6, 6.07) is 4.24. The van der Waals surface area contributed by atoms with Gasteiger partial charge in [0.1, 0.15) is 0 Å². The van der Waals surface area contributed by atoms with E-state index in [1.165, 1.54) is 12.1 Å². The summed E-state index contributed by atoms with van der Waals surface area (Å²) in [7, 11) is 0. The summed E-state index contributed by atoms with van der Waals surface area (Å²) in [4.78, 5) is 11.5. The van der Waals surface area contributed by atoms with Gasteiger partial charge in [0.2, 0.25) is 0 Å². The fraction of sp³-hybridized carbons (Fsp3) is 0.462. The van der Waals surface area contributed by atoms with Crippen molar-refractivity contribution in [1.29, 1.82) is 0 Å². The van der Waals surface area contributed by atoms with Crippen molar-refractivity contribution in [2.45, 2.75) is 32.9 Å². The number of halogens is 1. The summed E-state index contributed by atoms with van der Waals surface area (Å²) in [5, 5.41) is 11.7. The third kappa shape index (κ3) is 4.33. The SMILES string of the molecule is CC(C)(C)NC(=O)COc1c(F)cccc1CO. The number of carbonyl (C=O) groups excluding carboxylic acids is 1. The molecule has 2 N–H and O–H groups in total. The van der Waals surface area contributed by atoms with E-state index >= 15 is 0 Å². The van der Waals surface area contributed by atoms with Crippen molar-refractivity contribution in [2.75, 3.05) is 6.61 Å². The molecule has 0 aliphatic heterocycles. The van der Waals surface area contributed by atoms with E-state index in [9.17, 15) is 9.18 Å². The number of amides is 1. The average molecular weight is 255 g/mol. The Hall–Kier alpha value is -1.62. The predicted octanol–water partition coefficient (Wildman–Crippen LogP) is 1.61. The second-order valence-electron chi connectivity index (χ2n) is 4.97. The molecule has 0 bridgehead atoms. The highest BCUT2D eigenvalue weighted by atomic mass is 19.1. The maximum Gasteiger partial charge on any atom is 0.258 e. The molecule has 0 atom stereocenters. The first-order valence-electron chi connectivity index (χ1n) is 5.65. The Bertz CT molecular complexity index is 427. The molecule has 4 nitrogen and oxygen atoms in total. The summed E-state index contributed by atoms with van der Waals surface area (Å²) in [5.74, 6) is -1.01. The minimum absolute atomic E-state index is 0.0796. The Balaban J connectivity index is 2.66. The normalized spacial score (nSPS) is 11.2. The lowest BCUT2D eigenvalue weighted by molar-refractivity contribution is -0.124. The largest absolute Gasteiger partial charge is 0.480 e. The molecular weight excluding hydrogens is 237 g/mol. The van der Waals surface area contributed by atoms with E-state index in [0.29, 0.717) is 5.56 Å². The second-order valence-corrected chi connectivity index (χ2v) is 4.97. The number of hydrogen-bond acceptors (Lipinski definition) is 3. The van der Waals surface area contributed by atoms with Crippen LogP contribution >= 0.6 is 0 Å². The molecule has 0 aliphatic rings. The molecule has 0 aliphatic carbocycles. The monoisotopic (exact) mass is 255 g/mol. The second kappa shape index (κ2) is 5.82. The van der Waals surface area contributed by atoms with Crippen LogP contribution in [0.15, 0.2) is 18.2 Å². The number of aliphatic hydroxyl groups excluding tert-OH is 1. The number of para-hydroxylation sites is 1. The van der Waals surface area contributed by atoms with Crippen molar-refractivity contribution < 1.29 is 19.0 Å². The predicted molar refractivity (Wildman–Crippen MR) is 65.7 cm³/mol. The molecule has 0 heterocycles. The number of hydrogen-bond donors (Lipinski definition) is 2. The summed E-state index contributed by atoms with van der Waals surface area (Å²) in [6.07, 6.45) is 0. The van der Waals surface area contributed by atoms with Crippen LogP contribution in [0.25, 0.3) is 0 Å². The van der Waals surface area contributed by atoms with Gasteiger partial charge in [-0.05, 0) is 26.8 Å². The zero-order valence-corrected chi connectivity index (χ0v) is 10.8. The van der Waals surface area contributed by atoms with Gasteiger partial charge < -0.3 is 15.2 Å². The highest BCUT2D eigenvalue weighted by Gasteiger charge is 2.16. The Morgan fingerprint density at radius 3 is 2.67 bits per heavy atom. The molecule has 1 rings (SSSR count). The summed E-state index contributed by atoms with van der Waals surface area (Å²) in [5.41, 5.74) is -0.0475. The number of ether oxygens (including phenoxy) is 1. The molecule has 18 heavy (non-hydrogen) atoms. The minimum atomic E-state index is -0.592. The molecule has 1 amide bonds. The van der Waals surface area contributed by atoms with Crippen LogP contribution in [0.1, 0.15) is 26.3 Å². The van der Waals surface area contributed by atoms with Crippen LogP contribution in [0.3, 0.4) is 0 Å². The van der Waals surface area contributed by atoms with Crippen LogP contribution in [0.5, 0.6) is 5.75 Å². The van der Waals surface area contributed by atoms with Crippen LogP contribution in [0.4, 0.5) is 4.39 Å². The molecule has 1 aromatic rings. The molecule has 0 unspecified atom stereocenters. The van der Waals surface area contributed by atoms with Crippen LogP contribution in [0.2, 0.25) is 0 Å². The molecule has 0 fully saturated rings.